The van der Waals surface area contributed by atoms with Gasteiger partial charge in [0.15, 0.2) is 0 Å². The molecule has 0 aliphatic carbocycles. The van der Waals surface area contributed by atoms with E-state index in [4.69, 9.17) is 16.3 Å². The van der Waals surface area contributed by atoms with Gasteiger partial charge in [-0.2, -0.15) is 0 Å². The van der Waals surface area contributed by atoms with E-state index in [0.717, 1.165) is 12.8 Å². The lowest BCUT2D eigenvalue weighted by molar-refractivity contribution is 0.0498. The SMILES string of the molecule is CCCCCCCCCCOC(=O)c1ccc(O)cc1Cl. The van der Waals surface area contributed by atoms with Crippen molar-refractivity contribution >= 4 is 17.6 Å². The number of halogens is 1. The number of carbonyl (C=O) groups excluding carboxylic acids is 1. The van der Waals surface area contributed by atoms with E-state index >= 15 is 0 Å². The quantitative estimate of drug-likeness (QED) is 0.468. The number of hydrogen-bond donors (Lipinski definition) is 1. The molecular weight excluding hydrogens is 288 g/mol. The highest BCUT2D eigenvalue weighted by molar-refractivity contribution is 6.33. The molecule has 0 aliphatic heterocycles. The van der Waals surface area contributed by atoms with Gasteiger partial charge in [-0.3, -0.25) is 0 Å². The van der Waals surface area contributed by atoms with Crippen molar-refractivity contribution < 1.29 is 14.6 Å². The summed E-state index contributed by atoms with van der Waals surface area (Å²) in [5, 5.41) is 9.45. The van der Waals surface area contributed by atoms with E-state index in [-0.39, 0.29) is 10.8 Å². The number of unbranched alkanes of at least 4 members (excludes halogenated alkanes) is 7. The zero-order chi connectivity index (χ0) is 15.5. The molecule has 1 aromatic rings. The largest absolute Gasteiger partial charge is 0.508 e. The second-order valence-corrected chi connectivity index (χ2v) is 5.68. The monoisotopic (exact) mass is 312 g/mol. The molecule has 0 atom stereocenters. The third kappa shape index (κ3) is 7.37. The van der Waals surface area contributed by atoms with Gasteiger partial charge < -0.3 is 9.84 Å². The summed E-state index contributed by atoms with van der Waals surface area (Å²) in [5.41, 5.74) is 0.300. The standard InChI is InChI=1S/C17H25ClO3/c1-2-3-4-5-6-7-8-9-12-21-17(20)15-11-10-14(19)13-16(15)18/h10-11,13,19H,2-9,12H2,1H3. The highest BCUT2D eigenvalue weighted by Gasteiger charge is 2.11. The highest BCUT2D eigenvalue weighted by Crippen LogP contribution is 2.22. The second-order valence-electron chi connectivity index (χ2n) is 5.27. The van der Waals surface area contributed by atoms with Crippen molar-refractivity contribution in [2.75, 3.05) is 6.61 Å². The number of aromatic hydroxyl groups is 1. The number of phenols is 1. The number of esters is 1. The molecule has 0 spiro atoms. The van der Waals surface area contributed by atoms with Gasteiger partial charge in [0, 0.05) is 0 Å². The average molecular weight is 313 g/mol. The van der Waals surface area contributed by atoms with Gasteiger partial charge in [0.25, 0.3) is 0 Å². The van der Waals surface area contributed by atoms with Gasteiger partial charge in [0.2, 0.25) is 0 Å². The fraction of sp³-hybridized carbons (Fsp3) is 0.588. The van der Waals surface area contributed by atoms with Gasteiger partial charge in [-0.25, -0.2) is 4.79 Å². The van der Waals surface area contributed by atoms with Crippen LogP contribution >= 0.6 is 11.6 Å². The molecule has 1 aromatic carbocycles. The zero-order valence-corrected chi connectivity index (χ0v) is 13.5. The van der Waals surface area contributed by atoms with E-state index in [1.807, 2.05) is 0 Å². The Labute approximate surface area is 132 Å². The van der Waals surface area contributed by atoms with Gasteiger partial charge in [0.1, 0.15) is 5.75 Å². The van der Waals surface area contributed by atoms with Crippen molar-refractivity contribution in [1.82, 2.24) is 0 Å². The number of phenolic OH excluding ortho intramolecular Hbond substituents is 1. The molecule has 4 heteroatoms. The van der Waals surface area contributed by atoms with Crippen LogP contribution < -0.4 is 0 Å². The van der Waals surface area contributed by atoms with Gasteiger partial charge in [-0.15, -0.1) is 0 Å². The smallest absolute Gasteiger partial charge is 0.339 e. The predicted molar refractivity (Wildman–Crippen MR) is 86.0 cm³/mol. The normalized spacial score (nSPS) is 10.6. The Kier molecular flexibility index (Phi) is 8.91. The van der Waals surface area contributed by atoms with Crippen molar-refractivity contribution in [3.05, 3.63) is 28.8 Å². The van der Waals surface area contributed by atoms with E-state index in [1.54, 1.807) is 0 Å². The molecule has 0 aliphatic rings. The lowest BCUT2D eigenvalue weighted by atomic mass is 10.1. The van der Waals surface area contributed by atoms with Crippen LogP contribution in [0.5, 0.6) is 5.75 Å². The summed E-state index contributed by atoms with van der Waals surface area (Å²) in [6.07, 6.45) is 9.65. The molecule has 0 aromatic heterocycles. The predicted octanol–water partition coefficient (Wildman–Crippen LogP) is 5.34. The Morgan fingerprint density at radius 1 is 1.10 bits per heavy atom. The Hall–Kier alpha value is -1.22. The van der Waals surface area contributed by atoms with Gasteiger partial charge in [-0.1, -0.05) is 63.5 Å². The van der Waals surface area contributed by atoms with Crippen LogP contribution in [0.1, 0.15) is 68.6 Å². The van der Waals surface area contributed by atoms with Crippen LogP contribution in [0.25, 0.3) is 0 Å². The Morgan fingerprint density at radius 2 is 1.71 bits per heavy atom. The van der Waals surface area contributed by atoms with Crippen molar-refractivity contribution in [2.45, 2.75) is 58.3 Å². The number of benzene rings is 1. The molecule has 0 saturated heterocycles. The number of hydrogen-bond acceptors (Lipinski definition) is 3. The first-order valence-electron chi connectivity index (χ1n) is 7.80. The minimum atomic E-state index is -0.428. The minimum absolute atomic E-state index is 0.0413. The summed E-state index contributed by atoms with van der Waals surface area (Å²) < 4.78 is 5.19. The molecule has 1 rings (SSSR count). The van der Waals surface area contributed by atoms with E-state index in [2.05, 4.69) is 6.92 Å². The van der Waals surface area contributed by atoms with Crippen LogP contribution in [-0.4, -0.2) is 17.7 Å². The number of carbonyl (C=O) groups is 1. The van der Waals surface area contributed by atoms with Crippen molar-refractivity contribution in [3.8, 4) is 5.75 Å². The molecule has 0 saturated carbocycles. The van der Waals surface area contributed by atoms with Crippen LogP contribution in [0.15, 0.2) is 18.2 Å². The lowest BCUT2D eigenvalue weighted by Crippen LogP contribution is -2.07. The van der Waals surface area contributed by atoms with Crippen LogP contribution in [0, 0.1) is 0 Å². The molecule has 0 bridgehead atoms. The van der Waals surface area contributed by atoms with E-state index in [1.165, 1.54) is 56.7 Å². The highest BCUT2D eigenvalue weighted by atomic mass is 35.5. The first kappa shape index (κ1) is 17.8. The van der Waals surface area contributed by atoms with Crippen LogP contribution in [0.2, 0.25) is 5.02 Å². The van der Waals surface area contributed by atoms with Crippen molar-refractivity contribution in [1.29, 1.82) is 0 Å². The first-order chi connectivity index (χ1) is 10.1. The zero-order valence-electron chi connectivity index (χ0n) is 12.7. The molecule has 0 amide bonds. The molecule has 0 unspecified atom stereocenters. The Morgan fingerprint density at radius 3 is 2.33 bits per heavy atom. The molecule has 0 fully saturated rings. The average Bonchev–Trinajstić information content (AvgIpc) is 2.45. The van der Waals surface area contributed by atoms with Crippen LogP contribution in [0.3, 0.4) is 0 Å². The molecule has 3 nitrogen and oxygen atoms in total. The van der Waals surface area contributed by atoms with Crippen molar-refractivity contribution in [3.63, 3.8) is 0 Å². The molecular formula is C17H25ClO3. The van der Waals surface area contributed by atoms with Crippen LogP contribution in [-0.2, 0) is 4.74 Å². The van der Waals surface area contributed by atoms with Gasteiger partial charge in [-0.05, 0) is 24.6 Å². The number of rotatable bonds is 10. The van der Waals surface area contributed by atoms with E-state index in [9.17, 15) is 9.90 Å². The summed E-state index contributed by atoms with van der Waals surface area (Å²) in [4.78, 5) is 11.8. The minimum Gasteiger partial charge on any atom is -0.508 e. The first-order valence-corrected chi connectivity index (χ1v) is 8.18. The summed E-state index contributed by atoms with van der Waals surface area (Å²) in [6.45, 7) is 2.64. The maximum atomic E-state index is 11.8. The summed E-state index contributed by atoms with van der Waals surface area (Å²) in [6, 6.07) is 4.25. The van der Waals surface area contributed by atoms with Crippen molar-refractivity contribution in [2.24, 2.45) is 0 Å². The fourth-order valence-electron chi connectivity index (χ4n) is 2.15. The third-order valence-electron chi connectivity index (χ3n) is 3.40. The fourth-order valence-corrected chi connectivity index (χ4v) is 2.40. The Bertz CT molecular complexity index is 432. The van der Waals surface area contributed by atoms with Gasteiger partial charge >= 0.3 is 5.97 Å². The summed E-state index contributed by atoms with van der Waals surface area (Å²) in [7, 11) is 0. The summed E-state index contributed by atoms with van der Waals surface area (Å²) in [5.74, 6) is -0.387. The molecule has 21 heavy (non-hydrogen) atoms. The summed E-state index contributed by atoms with van der Waals surface area (Å²) >= 11 is 5.89. The molecule has 118 valence electrons. The lowest BCUT2D eigenvalue weighted by Gasteiger charge is -2.06. The van der Waals surface area contributed by atoms with E-state index < -0.39 is 5.97 Å². The third-order valence-corrected chi connectivity index (χ3v) is 3.72. The van der Waals surface area contributed by atoms with Gasteiger partial charge in [0.05, 0.1) is 17.2 Å². The van der Waals surface area contributed by atoms with Crippen LogP contribution in [0.4, 0.5) is 0 Å². The number of ether oxygens (including phenoxy) is 1. The maximum Gasteiger partial charge on any atom is 0.339 e. The molecule has 0 radical (unpaired) electrons. The molecule has 1 N–H and O–H groups in total. The maximum absolute atomic E-state index is 11.8. The van der Waals surface area contributed by atoms with E-state index in [0.29, 0.717) is 12.2 Å². The topological polar surface area (TPSA) is 46.5 Å². The second kappa shape index (κ2) is 10.5. The Balaban J connectivity index is 2.11. The molecule has 0 heterocycles.